The summed E-state index contributed by atoms with van der Waals surface area (Å²) in [5, 5.41) is 23.3. The van der Waals surface area contributed by atoms with E-state index in [4.69, 9.17) is 0 Å². The summed E-state index contributed by atoms with van der Waals surface area (Å²) in [5.41, 5.74) is -0.789. The minimum Gasteiger partial charge on any atom is -0.406 e. The summed E-state index contributed by atoms with van der Waals surface area (Å²) in [5.74, 6) is -2.62. The number of hydrogen-bond donors (Lipinski definition) is 7. The maximum Gasteiger partial charge on any atom is 0.573 e. The first-order chi connectivity index (χ1) is 60.4. The second-order valence-corrected chi connectivity index (χ2v) is 29.9. The molecule has 3 aromatic heterocycles. The van der Waals surface area contributed by atoms with Crippen LogP contribution in [0.3, 0.4) is 0 Å². The highest BCUT2D eigenvalue weighted by Gasteiger charge is 2.45. The third-order valence-corrected chi connectivity index (χ3v) is 20.7. The SMILES string of the molecule is Cc1nc(NC(=O)NC(Cc2ccccc2)(c2cccc(OC(F)(F)F)c2)c2cccc(OC(F)(F)F)c2)sc1C.Cn1c(NC(=O)NC(Cc2ccccc2)(c2cccc(OC(F)(F)F)c2)c2cccc(OC(F)(F)F)c2)nc2ccccc21.O=C(Nc1n[nH]c(C2CCC2)n1)NC(Cc1ccccc1)(c1cccc(OC(F)(F)F)c1)c1cccc(OC(F)(F)F)c1. The summed E-state index contributed by atoms with van der Waals surface area (Å²) in [6.07, 6.45) is -27.4. The smallest absolute Gasteiger partial charge is 0.406 e. The van der Waals surface area contributed by atoms with Gasteiger partial charge in [-0.1, -0.05) is 182 Å². The number of thiazole rings is 1. The van der Waals surface area contributed by atoms with Crippen LogP contribution in [-0.4, -0.2) is 86.0 Å². The van der Waals surface area contributed by atoms with Crippen LogP contribution in [0.15, 0.2) is 261 Å². The monoisotopic (exact) mass is 1810 g/mol. The normalized spacial score (nSPS) is 12.8. The van der Waals surface area contributed by atoms with Crippen LogP contribution in [0.4, 0.5) is 110 Å². The lowest BCUT2D eigenvalue weighted by Gasteiger charge is -2.37. The van der Waals surface area contributed by atoms with Crippen LogP contribution >= 0.6 is 11.3 Å². The highest BCUT2D eigenvalue weighted by Crippen LogP contribution is 2.44. The Morgan fingerprint density at radius 1 is 0.383 bits per heavy atom. The number of anilines is 3. The second-order valence-electron chi connectivity index (χ2n) is 28.7. The lowest BCUT2D eigenvalue weighted by Crippen LogP contribution is -2.50. The number of para-hydroxylation sites is 2. The number of carbonyl (C=O) groups is 3. The molecule has 1 fully saturated rings. The molecule has 1 saturated carbocycles. The molecule has 40 heteroatoms. The van der Waals surface area contributed by atoms with E-state index in [9.17, 15) is 93.4 Å². The van der Waals surface area contributed by atoms with Gasteiger partial charge in [0.15, 0.2) is 5.13 Å². The maximum atomic E-state index is 13.7. The summed E-state index contributed by atoms with van der Waals surface area (Å²) in [6.45, 7) is 3.57. The van der Waals surface area contributed by atoms with Gasteiger partial charge >= 0.3 is 56.3 Å². The van der Waals surface area contributed by atoms with Crippen molar-refractivity contribution < 1.29 is 122 Å². The lowest BCUT2D eigenvalue weighted by atomic mass is 9.77. The van der Waals surface area contributed by atoms with E-state index in [0.717, 1.165) is 96.9 Å². The standard InChI is InChI=1S/C31H24F6N4O3.C29H25F6N5O3.C28H23F6N3O3S/c1-41-26-16-6-5-15-25(26)38-27(41)39-28(42)40-29(19-20-9-3-2-4-10-20,21-11-7-13-23(17-21)43-30(32,33)34)22-12-8-14-24(18-22)44-31(35,36)37;30-28(31,32)42-22-13-5-11-20(15-22)27(17-18-7-2-1-3-8-18,21-12-6-14-23(16-21)43-29(33,34)35)38-26(41)37-25-36-24(39-40-25)19-9-4-10-19;1-17-18(2)41-25(35-17)36-24(38)37-26(16-19-8-4-3-5-9-19,20-10-6-12-22(14-20)39-27(29,30)31)21-11-7-13-23(15-21)40-28(32,33)34/h2-18H,19H2,1H3,(H2,38,39,40,42);1-3,5-8,11-16,19H,4,9-10,17H2,(H3,36,37,38,39,40,41);3-15H,16H2,1-2H3,(H2,35,36,37,38). The number of urea groups is 3. The van der Waals surface area contributed by atoms with E-state index in [-0.39, 0.29) is 75.6 Å². The van der Waals surface area contributed by atoms with E-state index >= 15 is 0 Å². The molecule has 128 heavy (non-hydrogen) atoms. The molecule has 1 aliphatic rings. The molecular weight excluding hydrogens is 1740 g/mol. The molecule has 0 bridgehead atoms. The predicted molar refractivity (Wildman–Crippen MR) is 433 cm³/mol. The fraction of sp³-hybridized carbons (Fsp3) is 0.216. The van der Waals surface area contributed by atoms with Crippen molar-refractivity contribution in [3.8, 4) is 34.5 Å². The first-order valence-electron chi connectivity index (χ1n) is 38.3. The summed E-state index contributed by atoms with van der Waals surface area (Å²) in [4.78, 5) is 54.5. The zero-order valence-electron chi connectivity index (χ0n) is 66.8. The minimum absolute atomic E-state index is 0.0451. The number of carbonyl (C=O) groups excluding carboxylic acids is 3. The number of ether oxygens (including phenoxy) is 6. The Labute approximate surface area is 719 Å². The molecular formula is C88H72F18N12O9S. The quantitative estimate of drug-likeness (QED) is 0.0263. The molecule has 6 amide bonds. The second kappa shape index (κ2) is 38.7. The molecule has 0 radical (unpaired) electrons. The number of nitrogens with one attached hydrogen (secondary N) is 7. The van der Waals surface area contributed by atoms with Gasteiger partial charge in [0.25, 0.3) is 0 Å². The summed E-state index contributed by atoms with van der Waals surface area (Å²) >= 11 is 1.21. The van der Waals surface area contributed by atoms with E-state index in [0.29, 0.717) is 39.2 Å². The third-order valence-electron chi connectivity index (χ3n) is 19.8. The van der Waals surface area contributed by atoms with E-state index in [1.165, 1.54) is 84.1 Å². The van der Waals surface area contributed by atoms with Crippen LogP contribution in [0.25, 0.3) is 11.0 Å². The molecule has 7 N–H and O–H groups in total. The van der Waals surface area contributed by atoms with E-state index in [2.05, 4.69) is 85.5 Å². The van der Waals surface area contributed by atoms with Gasteiger partial charge in [0.1, 0.15) is 40.3 Å². The molecule has 0 spiro atoms. The molecule has 0 unspecified atom stereocenters. The van der Waals surface area contributed by atoms with Gasteiger partial charge in [0.05, 0.1) is 33.3 Å². The number of benzene rings is 10. The van der Waals surface area contributed by atoms with Crippen molar-refractivity contribution in [1.82, 2.24) is 45.7 Å². The molecule has 14 rings (SSSR count). The van der Waals surface area contributed by atoms with Crippen molar-refractivity contribution in [2.45, 2.75) is 113 Å². The number of amides is 6. The maximum absolute atomic E-state index is 13.7. The van der Waals surface area contributed by atoms with Crippen molar-refractivity contribution >= 4 is 57.5 Å². The number of imidazole rings is 1. The highest BCUT2D eigenvalue weighted by molar-refractivity contribution is 7.15. The highest BCUT2D eigenvalue weighted by atomic mass is 32.1. The Hall–Kier alpha value is -14.2. The van der Waals surface area contributed by atoms with Gasteiger partial charge in [-0.2, -0.15) is 4.98 Å². The minimum atomic E-state index is -5.02. The number of aromatic amines is 1. The van der Waals surface area contributed by atoms with Crippen LogP contribution in [0, 0.1) is 13.8 Å². The zero-order valence-corrected chi connectivity index (χ0v) is 67.6. The van der Waals surface area contributed by atoms with Crippen LogP contribution in [0.1, 0.15) is 91.6 Å². The summed E-state index contributed by atoms with van der Waals surface area (Å²) < 4.78 is 263. The van der Waals surface area contributed by atoms with Crippen molar-refractivity contribution in [3.63, 3.8) is 0 Å². The third kappa shape index (κ3) is 25.5. The topological polar surface area (TPSA) is 251 Å². The van der Waals surface area contributed by atoms with Crippen molar-refractivity contribution in [1.29, 1.82) is 0 Å². The fourth-order valence-corrected chi connectivity index (χ4v) is 14.9. The number of aromatic nitrogens is 6. The van der Waals surface area contributed by atoms with Gasteiger partial charge in [-0.05, 0) is 162 Å². The molecule has 0 aliphatic heterocycles. The van der Waals surface area contributed by atoms with E-state index in [1.54, 1.807) is 134 Å². The van der Waals surface area contributed by atoms with Gasteiger partial charge < -0.3 is 48.9 Å². The Morgan fingerprint density at radius 2 is 0.688 bits per heavy atom. The number of nitrogens with zero attached hydrogens (tertiary/aromatic N) is 5. The summed E-state index contributed by atoms with van der Waals surface area (Å²) in [6, 6.07) is 59.7. The average molecular weight is 1820 g/mol. The number of halogens is 18. The van der Waals surface area contributed by atoms with Gasteiger partial charge in [0, 0.05) is 37.1 Å². The Morgan fingerprint density at radius 3 is 0.977 bits per heavy atom. The van der Waals surface area contributed by atoms with E-state index in [1.807, 2.05) is 6.92 Å². The Kier molecular flexibility index (Phi) is 28.1. The molecule has 3 heterocycles. The molecule has 0 atom stereocenters. The zero-order chi connectivity index (χ0) is 92.0. The number of rotatable bonds is 25. The van der Waals surface area contributed by atoms with Crippen LogP contribution in [-0.2, 0) is 42.9 Å². The van der Waals surface area contributed by atoms with Gasteiger partial charge in [-0.15, -0.1) is 95.5 Å². The number of hydrogen-bond acceptors (Lipinski definition) is 14. The largest absolute Gasteiger partial charge is 0.573 e. The van der Waals surface area contributed by atoms with Gasteiger partial charge in [-0.25, -0.2) is 24.4 Å². The Balaban J connectivity index is 0.000000174. The van der Waals surface area contributed by atoms with Gasteiger partial charge in [-0.3, -0.25) is 21.0 Å². The summed E-state index contributed by atoms with van der Waals surface area (Å²) in [7, 11) is 1.68. The van der Waals surface area contributed by atoms with Crippen molar-refractivity contribution in [2.75, 3.05) is 16.0 Å². The molecule has 1 aliphatic carbocycles. The molecule has 10 aromatic carbocycles. The Bertz CT molecular complexity index is 5770. The number of fused-ring (bicyclic) bond motifs is 1. The van der Waals surface area contributed by atoms with Crippen molar-refractivity contribution in [3.05, 3.63) is 327 Å². The number of aryl methyl sites for hydroxylation is 3. The lowest BCUT2D eigenvalue weighted by molar-refractivity contribution is -0.275. The van der Waals surface area contributed by atoms with Crippen LogP contribution in [0.2, 0.25) is 0 Å². The van der Waals surface area contributed by atoms with Crippen LogP contribution in [0.5, 0.6) is 34.5 Å². The van der Waals surface area contributed by atoms with Crippen LogP contribution < -0.4 is 60.3 Å². The van der Waals surface area contributed by atoms with Gasteiger partial charge in [0.2, 0.25) is 11.9 Å². The average Bonchev–Trinajstić information content (AvgIpc) is 1.15. The predicted octanol–water partition coefficient (Wildman–Crippen LogP) is 22.7. The molecule has 0 saturated heterocycles. The molecule has 21 nitrogen and oxygen atoms in total. The number of H-pyrrole nitrogens is 1. The molecule has 13 aromatic rings. The first kappa shape index (κ1) is 93.0. The number of alkyl halides is 18. The fourth-order valence-electron chi connectivity index (χ4n) is 14.1. The van der Waals surface area contributed by atoms with E-state index < -0.39 is 107 Å². The first-order valence-corrected chi connectivity index (χ1v) is 39.1. The molecule has 670 valence electrons. The van der Waals surface area contributed by atoms with Crippen molar-refractivity contribution in [2.24, 2.45) is 7.05 Å².